The highest BCUT2D eigenvalue weighted by molar-refractivity contribution is 5.92. The van der Waals surface area contributed by atoms with Crippen LogP contribution in [-0.4, -0.2) is 21.0 Å². The smallest absolute Gasteiger partial charge is 0.278 e. The van der Waals surface area contributed by atoms with E-state index < -0.39 is 37.4 Å². The molecule has 2 rings (SSSR count). The Bertz CT molecular complexity index is 843. The summed E-state index contributed by atoms with van der Waals surface area (Å²) in [5, 5.41) is 36.8. The van der Waals surface area contributed by atoms with Gasteiger partial charge in [0, 0.05) is 0 Å². The van der Waals surface area contributed by atoms with Gasteiger partial charge in [0.2, 0.25) is 0 Å². The summed E-state index contributed by atoms with van der Waals surface area (Å²) >= 11 is 0. The molecule has 11 nitrogen and oxygen atoms in total. The summed E-state index contributed by atoms with van der Waals surface area (Å²) < 4.78 is 0. The molecule has 1 N–H and O–H groups in total. The van der Waals surface area contributed by atoms with Crippen LogP contribution in [0.3, 0.4) is 0 Å². The molecule has 0 fully saturated rings. The molecule has 0 aliphatic rings. The minimum atomic E-state index is -0.939. The zero-order valence-corrected chi connectivity index (χ0v) is 12.8. The van der Waals surface area contributed by atoms with Crippen LogP contribution in [-0.2, 0) is 0 Å². The number of rotatable bonds is 6. The maximum Gasteiger partial charge on any atom is 0.292 e. The van der Waals surface area contributed by atoms with Gasteiger partial charge in [0.15, 0.2) is 5.56 Å². The quantitative estimate of drug-likeness (QED) is 0.479. The molecule has 0 bridgehead atoms. The minimum absolute atomic E-state index is 0.444. The van der Waals surface area contributed by atoms with Crippen LogP contribution < -0.4 is 5.43 Å². The number of nitrogens with one attached hydrogen (secondary N) is 1. The van der Waals surface area contributed by atoms with Gasteiger partial charge >= 0.3 is 0 Å². The van der Waals surface area contributed by atoms with Crippen LogP contribution in [0.15, 0.2) is 41.5 Å². The first-order chi connectivity index (χ1) is 11.8. The Balaban J connectivity index is 2.45. The molecule has 0 spiro atoms. The molecule has 0 heterocycles. The van der Waals surface area contributed by atoms with E-state index in [1.54, 1.807) is 24.3 Å². The van der Waals surface area contributed by atoms with Gasteiger partial charge in [-0.1, -0.05) is 17.7 Å². The van der Waals surface area contributed by atoms with Crippen molar-refractivity contribution in [2.45, 2.75) is 6.92 Å². The number of non-ortho nitro benzene ring substituents is 1. The second-order valence-corrected chi connectivity index (χ2v) is 4.91. The summed E-state index contributed by atoms with van der Waals surface area (Å²) in [5.74, 6) is 0. The summed E-state index contributed by atoms with van der Waals surface area (Å²) in [6.45, 7) is 1.89. The van der Waals surface area contributed by atoms with Crippen LogP contribution in [0.4, 0.5) is 22.7 Å². The fourth-order valence-corrected chi connectivity index (χ4v) is 1.95. The van der Waals surface area contributed by atoms with E-state index in [-0.39, 0.29) is 0 Å². The zero-order valence-electron chi connectivity index (χ0n) is 12.8. The van der Waals surface area contributed by atoms with E-state index in [1.807, 2.05) is 6.92 Å². The molecule has 2 aromatic carbocycles. The largest absolute Gasteiger partial charge is 0.292 e. The standard InChI is InChI=1S/C14H11N5O6/c1-9-2-4-10(5-3-9)16-15-8-12-13(18(22)23)6-11(17(20)21)7-14(12)19(24)25/h2-8,16H,1H3/b15-8+. The molecule has 0 aliphatic heterocycles. The molecule has 0 atom stereocenters. The molecule has 0 unspecified atom stereocenters. The summed E-state index contributed by atoms with van der Waals surface area (Å²) in [5.41, 5.74) is 1.40. The zero-order chi connectivity index (χ0) is 18.6. The molecule has 0 amide bonds. The van der Waals surface area contributed by atoms with Crippen LogP contribution in [0.2, 0.25) is 0 Å². The van der Waals surface area contributed by atoms with Gasteiger partial charge in [-0.2, -0.15) is 5.10 Å². The minimum Gasteiger partial charge on any atom is -0.278 e. The van der Waals surface area contributed by atoms with E-state index in [9.17, 15) is 30.3 Å². The van der Waals surface area contributed by atoms with E-state index in [4.69, 9.17) is 0 Å². The maximum absolute atomic E-state index is 11.1. The molecule has 0 radical (unpaired) electrons. The van der Waals surface area contributed by atoms with Crippen molar-refractivity contribution in [2.75, 3.05) is 5.43 Å². The lowest BCUT2D eigenvalue weighted by atomic mass is 10.1. The first-order valence-electron chi connectivity index (χ1n) is 6.76. The van der Waals surface area contributed by atoms with Crippen molar-refractivity contribution in [1.29, 1.82) is 0 Å². The summed E-state index contributed by atoms with van der Waals surface area (Å²) in [7, 11) is 0. The van der Waals surface area contributed by atoms with Crippen molar-refractivity contribution >= 4 is 29.0 Å². The average Bonchev–Trinajstić information content (AvgIpc) is 2.55. The van der Waals surface area contributed by atoms with Gasteiger partial charge in [-0.25, -0.2) is 0 Å². The number of nitro benzene ring substituents is 3. The fourth-order valence-electron chi connectivity index (χ4n) is 1.95. The van der Waals surface area contributed by atoms with Gasteiger partial charge in [0.1, 0.15) is 0 Å². The Labute approximate surface area is 140 Å². The number of nitro groups is 3. The van der Waals surface area contributed by atoms with E-state index >= 15 is 0 Å². The second kappa shape index (κ2) is 7.12. The third-order valence-electron chi connectivity index (χ3n) is 3.16. The Morgan fingerprint density at radius 3 is 1.88 bits per heavy atom. The van der Waals surface area contributed by atoms with Gasteiger partial charge in [0.05, 0.1) is 38.8 Å². The van der Waals surface area contributed by atoms with Crippen LogP contribution in [0, 0.1) is 37.3 Å². The summed E-state index contributed by atoms with van der Waals surface area (Å²) in [4.78, 5) is 30.2. The number of hydrogen-bond acceptors (Lipinski definition) is 8. The van der Waals surface area contributed by atoms with Crippen LogP contribution in [0.5, 0.6) is 0 Å². The molecule has 11 heteroatoms. The molecule has 2 aromatic rings. The van der Waals surface area contributed by atoms with Crippen molar-refractivity contribution in [3.8, 4) is 0 Å². The molecule has 128 valence electrons. The summed E-state index contributed by atoms with van der Waals surface area (Å²) in [6, 6.07) is 8.31. The molecule has 25 heavy (non-hydrogen) atoms. The number of aryl methyl sites for hydroxylation is 1. The van der Waals surface area contributed by atoms with Gasteiger partial charge in [-0.15, -0.1) is 0 Å². The molecule has 0 aliphatic carbocycles. The van der Waals surface area contributed by atoms with Crippen molar-refractivity contribution < 1.29 is 14.8 Å². The molecule has 0 aromatic heterocycles. The SMILES string of the molecule is Cc1ccc(N/N=C/c2c([N+](=O)[O-])cc([N+](=O)[O-])cc2[N+](=O)[O-])cc1. The van der Waals surface area contributed by atoms with E-state index in [0.29, 0.717) is 17.8 Å². The normalized spacial score (nSPS) is 10.6. The first-order valence-corrected chi connectivity index (χ1v) is 6.76. The highest BCUT2D eigenvalue weighted by atomic mass is 16.6. The summed E-state index contributed by atoms with van der Waals surface area (Å²) in [6.07, 6.45) is 0.889. The van der Waals surface area contributed by atoms with Crippen LogP contribution in [0.25, 0.3) is 0 Å². The first kappa shape index (κ1) is 17.5. The van der Waals surface area contributed by atoms with Crippen molar-refractivity contribution in [1.82, 2.24) is 0 Å². The Morgan fingerprint density at radius 1 is 0.920 bits per heavy atom. The number of benzene rings is 2. The Hall–Kier alpha value is -3.89. The number of hydrogen-bond donors (Lipinski definition) is 1. The third-order valence-corrected chi connectivity index (χ3v) is 3.16. The molecule has 0 saturated heterocycles. The number of hydrazone groups is 1. The van der Waals surface area contributed by atoms with Gasteiger partial charge < -0.3 is 0 Å². The molecular formula is C14H11N5O6. The third kappa shape index (κ3) is 4.10. The lowest BCUT2D eigenvalue weighted by Crippen LogP contribution is -2.03. The lowest BCUT2D eigenvalue weighted by molar-refractivity contribution is -0.403. The van der Waals surface area contributed by atoms with Gasteiger partial charge in [-0.05, 0) is 19.1 Å². The average molecular weight is 345 g/mol. The number of anilines is 1. The highest BCUT2D eigenvalue weighted by Gasteiger charge is 2.29. The predicted molar refractivity (Wildman–Crippen MR) is 88.8 cm³/mol. The van der Waals surface area contributed by atoms with Gasteiger partial charge in [-0.3, -0.25) is 35.8 Å². The van der Waals surface area contributed by atoms with Crippen LogP contribution in [0.1, 0.15) is 11.1 Å². The lowest BCUT2D eigenvalue weighted by Gasteiger charge is -2.02. The second-order valence-electron chi connectivity index (χ2n) is 4.91. The van der Waals surface area contributed by atoms with E-state index in [1.165, 1.54) is 0 Å². The Kier molecular flexibility index (Phi) is 4.98. The molecular weight excluding hydrogens is 334 g/mol. The van der Waals surface area contributed by atoms with Crippen molar-refractivity contribution in [2.24, 2.45) is 5.10 Å². The molecule has 0 saturated carbocycles. The maximum atomic E-state index is 11.1. The van der Waals surface area contributed by atoms with E-state index in [0.717, 1.165) is 11.8 Å². The predicted octanol–water partition coefficient (Wildman–Crippen LogP) is 3.17. The fraction of sp³-hybridized carbons (Fsp3) is 0.0714. The topological polar surface area (TPSA) is 154 Å². The van der Waals surface area contributed by atoms with Crippen molar-refractivity contribution in [3.63, 3.8) is 0 Å². The monoisotopic (exact) mass is 345 g/mol. The van der Waals surface area contributed by atoms with E-state index in [2.05, 4.69) is 10.5 Å². The highest BCUT2D eigenvalue weighted by Crippen LogP contribution is 2.32. The van der Waals surface area contributed by atoms with Gasteiger partial charge in [0.25, 0.3) is 17.1 Å². The Morgan fingerprint density at radius 2 is 1.44 bits per heavy atom. The van der Waals surface area contributed by atoms with Crippen molar-refractivity contribution in [3.05, 3.63) is 77.9 Å². The number of nitrogens with zero attached hydrogens (tertiary/aromatic N) is 4. The van der Waals surface area contributed by atoms with Crippen LogP contribution >= 0.6 is 0 Å².